The predicted molar refractivity (Wildman–Crippen MR) is 60.9 cm³/mol. The zero-order valence-corrected chi connectivity index (χ0v) is 9.27. The number of nitrogen functional groups attached to an aromatic ring is 1. The van der Waals surface area contributed by atoms with Crippen molar-refractivity contribution in [2.45, 2.75) is 6.92 Å². The minimum absolute atomic E-state index is 0.274. The molecule has 1 aromatic carbocycles. The molecular weight excluding hydrogens is 221 g/mol. The molecule has 0 heterocycles. The molecule has 0 aliphatic rings. The van der Waals surface area contributed by atoms with Crippen LogP contribution < -0.4 is 10.5 Å². The molecule has 0 bridgehead atoms. The summed E-state index contributed by atoms with van der Waals surface area (Å²) >= 11 is 11.1. The minimum Gasteiger partial charge on any atom is -0.488 e. The van der Waals surface area contributed by atoms with Crippen molar-refractivity contribution in [2.75, 3.05) is 12.3 Å². The number of anilines is 1. The molecule has 0 aliphatic carbocycles. The number of benzene rings is 1. The predicted octanol–water partition coefficient (Wildman–Crippen LogP) is 3.28. The van der Waals surface area contributed by atoms with Gasteiger partial charge in [0.2, 0.25) is 0 Å². The third kappa shape index (κ3) is 3.13. The molecule has 1 rings (SSSR count). The molecule has 0 radical (unpaired) electrons. The van der Waals surface area contributed by atoms with Gasteiger partial charge in [-0.2, -0.15) is 0 Å². The molecule has 0 amide bonds. The molecule has 0 unspecified atom stereocenters. The fourth-order valence-electron chi connectivity index (χ4n) is 1.01. The highest BCUT2D eigenvalue weighted by molar-refractivity contribution is 6.36. The van der Waals surface area contributed by atoms with Gasteiger partial charge < -0.3 is 10.5 Å². The Morgan fingerprint density at radius 1 is 1.57 bits per heavy atom. The maximum atomic E-state index is 5.68. The highest BCUT2D eigenvalue weighted by Gasteiger charge is 2.00. The van der Waals surface area contributed by atoms with Gasteiger partial charge in [-0.1, -0.05) is 23.2 Å². The highest BCUT2D eigenvalue weighted by Crippen LogP contribution is 2.21. The van der Waals surface area contributed by atoms with Crippen LogP contribution in [0.4, 0.5) is 5.69 Å². The van der Waals surface area contributed by atoms with Crippen molar-refractivity contribution in [3.8, 4) is 5.75 Å². The van der Waals surface area contributed by atoms with Crippen LogP contribution in [-0.2, 0) is 0 Å². The van der Waals surface area contributed by atoms with Crippen LogP contribution in [0.25, 0.3) is 0 Å². The molecule has 1 aromatic rings. The van der Waals surface area contributed by atoms with Crippen LogP contribution in [-0.4, -0.2) is 6.61 Å². The van der Waals surface area contributed by atoms with E-state index in [9.17, 15) is 0 Å². The van der Waals surface area contributed by atoms with Crippen molar-refractivity contribution in [1.29, 1.82) is 0 Å². The summed E-state index contributed by atoms with van der Waals surface area (Å²) in [5.41, 5.74) is 8.57. The Balaban J connectivity index is 2.68. The molecule has 4 heteroatoms. The number of aryl methyl sites for hydroxylation is 1. The lowest BCUT2D eigenvalue weighted by Gasteiger charge is -2.08. The van der Waals surface area contributed by atoms with E-state index in [0.29, 0.717) is 10.7 Å². The van der Waals surface area contributed by atoms with E-state index in [-0.39, 0.29) is 6.61 Å². The van der Waals surface area contributed by atoms with Gasteiger partial charge >= 0.3 is 0 Å². The Morgan fingerprint density at radius 3 is 2.86 bits per heavy atom. The monoisotopic (exact) mass is 231 g/mol. The van der Waals surface area contributed by atoms with Gasteiger partial charge in [0.1, 0.15) is 12.4 Å². The van der Waals surface area contributed by atoms with E-state index in [4.69, 9.17) is 33.7 Å². The highest BCUT2D eigenvalue weighted by atomic mass is 35.5. The molecule has 0 aliphatic heterocycles. The van der Waals surface area contributed by atoms with E-state index in [1.165, 1.54) is 5.54 Å². The zero-order chi connectivity index (χ0) is 10.6. The molecule has 0 saturated heterocycles. The van der Waals surface area contributed by atoms with Crippen molar-refractivity contribution >= 4 is 28.9 Å². The zero-order valence-electron chi connectivity index (χ0n) is 7.76. The van der Waals surface area contributed by atoms with Gasteiger partial charge in [-0.3, -0.25) is 0 Å². The quantitative estimate of drug-likeness (QED) is 0.811. The first-order valence-corrected chi connectivity index (χ1v) is 4.88. The summed E-state index contributed by atoms with van der Waals surface area (Å²) in [7, 11) is 0. The number of ether oxygens (including phenoxy) is 1. The summed E-state index contributed by atoms with van der Waals surface area (Å²) in [6.07, 6.45) is 0. The van der Waals surface area contributed by atoms with Crippen LogP contribution in [0, 0.1) is 6.92 Å². The summed E-state index contributed by atoms with van der Waals surface area (Å²) in [5, 5.41) is 0.461. The Labute approximate surface area is 93.3 Å². The van der Waals surface area contributed by atoms with Gasteiger partial charge in [0.25, 0.3) is 0 Å². The number of hydrogen-bond donors (Lipinski definition) is 1. The van der Waals surface area contributed by atoms with E-state index in [1.54, 1.807) is 6.07 Å². The fourth-order valence-corrected chi connectivity index (χ4v) is 1.13. The molecule has 2 nitrogen and oxygen atoms in total. The number of nitrogens with two attached hydrogens (primary N) is 1. The maximum Gasteiger partial charge on any atom is 0.125 e. The third-order valence-electron chi connectivity index (χ3n) is 1.68. The van der Waals surface area contributed by atoms with Crippen LogP contribution in [0.3, 0.4) is 0 Å². The van der Waals surface area contributed by atoms with Crippen LogP contribution in [0.5, 0.6) is 5.75 Å². The lowest BCUT2D eigenvalue weighted by atomic mass is 10.2. The first-order chi connectivity index (χ1) is 6.63. The van der Waals surface area contributed by atoms with Crippen molar-refractivity contribution < 1.29 is 4.74 Å². The van der Waals surface area contributed by atoms with E-state index < -0.39 is 0 Å². The normalized spacial score (nSPS) is 11.5. The topological polar surface area (TPSA) is 35.2 Å². The summed E-state index contributed by atoms with van der Waals surface area (Å²) in [4.78, 5) is 0. The smallest absolute Gasteiger partial charge is 0.125 e. The molecule has 0 spiro atoms. The van der Waals surface area contributed by atoms with E-state index >= 15 is 0 Å². The number of halogens is 2. The van der Waals surface area contributed by atoms with Gasteiger partial charge in [-0.15, -0.1) is 0 Å². The summed E-state index contributed by atoms with van der Waals surface area (Å²) in [5.74, 6) is 0.760. The minimum atomic E-state index is 0.274. The second kappa shape index (κ2) is 5.13. The Morgan fingerprint density at radius 2 is 2.29 bits per heavy atom. The molecule has 2 N–H and O–H groups in total. The molecular formula is C10H11Cl2NO. The molecule has 0 fully saturated rings. The fraction of sp³-hybridized carbons (Fsp3) is 0.200. The van der Waals surface area contributed by atoms with Gasteiger partial charge in [0.15, 0.2) is 0 Å². The Bertz CT molecular complexity index is 350. The van der Waals surface area contributed by atoms with Crippen molar-refractivity contribution in [2.24, 2.45) is 0 Å². The Kier molecular flexibility index (Phi) is 4.11. The van der Waals surface area contributed by atoms with Gasteiger partial charge in [-0.05, 0) is 30.7 Å². The van der Waals surface area contributed by atoms with Crippen molar-refractivity contribution in [1.82, 2.24) is 0 Å². The first-order valence-electron chi connectivity index (χ1n) is 4.07. The second-order valence-corrected chi connectivity index (χ2v) is 3.57. The Hall–Kier alpha value is -0.860. The maximum absolute atomic E-state index is 5.68. The molecule has 0 atom stereocenters. The molecule has 14 heavy (non-hydrogen) atoms. The van der Waals surface area contributed by atoms with Crippen LogP contribution in [0.2, 0.25) is 0 Å². The van der Waals surface area contributed by atoms with Gasteiger partial charge in [0.05, 0.1) is 5.03 Å². The lowest BCUT2D eigenvalue weighted by molar-refractivity contribution is 0.357. The number of rotatable bonds is 3. The lowest BCUT2D eigenvalue weighted by Crippen LogP contribution is -1.99. The third-order valence-corrected chi connectivity index (χ3v) is 2.28. The van der Waals surface area contributed by atoms with Crippen LogP contribution in [0.1, 0.15) is 5.56 Å². The molecule has 0 aromatic heterocycles. The first kappa shape index (κ1) is 11.2. The van der Waals surface area contributed by atoms with Crippen molar-refractivity contribution in [3.63, 3.8) is 0 Å². The summed E-state index contributed by atoms with van der Waals surface area (Å²) in [6, 6.07) is 5.43. The average Bonchev–Trinajstić information content (AvgIpc) is 2.16. The van der Waals surface area contributed by atoms with Crippen molar-refractivity contribution in [3.05, 3.63) is 34.3 Å². The van der Waals surface area contributed by atoms with Gasteiger partial charge in [-0.25, -0.2) is 0 Å². The van der Waals surface area contributed by atoms with E-state index in [2.05, 4.69) is 0 Å². The SMILES string of the molecule is Cc1cc(N)ccc1OC/C(Cl)=C/Cl. The average molecular weight is 232 g/mol. The molecule has 76 valence electrons. The standard InChI is InChI=1S/C10H11Cl2NO/c1-7-4-9(13)2-3-10(7)14-6-8(12)5-11/h2-5H,6,13H2,1H3/b8-5-. The van der Waals surface area contributed by atoms with Crippen LogP contribution >= 0.6 is 23.2 Å². The van der Waals surface area contributed by atoms with E-state index in [1.807, 2.05) is 19.1 Å². The van der Waals surface area contributed by atoms with E-state index in [0.717, 1.165) is 11.3 Å². The van der Waals surface area contributed by atoms with Crippen LogP contribution in [0.15, 0.2) is 28.8 Å². The van der Waals surface area contributed by atoms with Gasteiger partial charge in [0, 0.05) is 11.2 Å². The summed E-state index contributed by atoms with van der Waals surface area (Å²) in [6.45, 7) is 2.19. The largest absolute Gasteiger partial charge is 0.488 e. The summed E-state index contributed by atoms with van der Waals surface area (Å²) < 4.78 is 5.40. The second-order valence-electron chi connectivity index (χ2n) is 2.87. The number of hydrogen-bond acceptors (Lipinski definition) is 2. The molecule has 0 saturated carbocycles.